The van der Waals surface area contributed by atoms with Gasteiger partial charge in [0.05, 0.1) is 6.54 Å². The maximum absolute atomic E-state index is 5.48. The van der Waals surface area contributed by atoms with Crippen LogP contribution in [0.1, 0.15) is 24.0 Å². The first-order valence-electron chi connectivity index (χ1n) is 6.33. The normalized spacial score (nSPS) is 17.3. The molecular formula is C14H22IN3O. The van der Waals surface area contributed by atoms with Gasteiger partial charge < -0.3 is 16.2 Å². The summed E-state index contributed by atoms with van der Waals surface area (Å²) in [5.41, 5.74) is 13.6. The Balaban J connectivity index is 0.00000180. The molecule has 1 aromatic rings. The summed E-state index contributed by atoms with van der Waals surface area (Å²) >= 11 is 0. The molecule has 0 amide bonds. The van der Waals surface area contributed by atoms with Crippen molar-refractivity contribution in [2.24, 2.45) is 16.5 Å². The minimum atomic E-state index is 0. The molecule has 1 aliphatic heterocycles. The Kier molecular flexibility index (Phi) is 6.06. The van der Waals surface area contributed by atoms with E-state index in [0.29, 0.717) is 6.54 Å². The van der Waals surface area contributed by atoms with Gasteiger partial charge in [0.15, 0.2) is 5.96 Å². The predicted molar refractivity (Wildman–Crippen MR) is 89.0 cm³/mol. The molecule has 1 fully saturated rings. The lowest BCUT2D eigenvalue weighted by molar-refractivity contribution is 0.0529. The molecule has 1 saturated heterocycles. The van der Waals surface area contributed by atoms with E-state index >= 15 is 0 Å². The van der Waals surface area contributed by atoms with Crippen LogP contribution in [-0.2, 0) is 10.2 Å². The minimum Gasteiger partial charge on any atom is -0.381 e. The topological polar surface area (TPSA) is 73.6 Å². The number of hydrogen-bond acceptors (Lipinski definition) is 2. The lowest BCUT2D eigenvalue weighted by Gasteiger charge is -2.37. The number of aliphatic imine (C=N–C) groups is 1. The van der Waals surface area contributed by atoms with Crippen LogP contribution in [0.5, 0.6) is 0 Å². The summed E-state index contributed by atoms with van der Waals surface area (Å²) in [6, 6.07) is 8.46. The van der Waals surface area contributed by atoms with Crippen LogP contribution in [0.3, 0.4) is 0 Å². The van der Waals surface area contributed by atoms with Crippen molar-refractivity contribution in [3.8, 4) is 0 Å². The second-order valence-corrected chi connectivity index (χ2v) is 4.95. The van der Waals surface area contributed by atoms with E-state index in [-0.39, 0.29) is 35.4 Å². The van der Waals surface area contributed by atoms with Gasteiger partial charge in [-0.15, -0.1) is 24.0 Å². The number of guanidine groups is 1. The highest BCUT2D eigenvalue weighted by Crippen LogP contribution is 2.36. The van der Waals surface area contributed by atoms with E-state index in [2.05, 4.69) is 36.2 Å². The van der Waals surface area contributed by atoms with Gasteiger partial charge in [0.25, 0.3) is 0 Å². The number of hydrogen-bond donors (Lipinski definition) is 2. The van der Waals surface area contributed by atoms with Gasteiger partial charge in [-0.1, -0.05) is 24.3 Å². The molecule has 1 heterocycles. The third kappa shape index (κ3) is 3.82. The Hall–Kier alpha value is -0.820. The Bertz CT molecular complexity index is 438. The zero-order chi connectivity index (χ0) is 13.0. The maximum atomic E-state index is 5.48. The number of benzene rings is 1. The molecule has 0 aliphatic carbocycles. The monoisotopic (exact) mass is 375 g/mol. The number of halogens is 1. The molecule has 1 aliphatic rings. The molecule has 4 N–H and O–H groups in total. The average molecular weight is 375 g/mol. The smallest absolute Gasteiger partial charge is 0.185 e. The summed E-state index contributed by atoms with van der Waals surface area (Å²) < 4.78 is 5.48. The van der Waals surface area contributed by atoms with Gasteiger partial charge in [-0.05, 0) is 30.9 Å². The first-order chi connectivity index (χ1) is 8.64. The molecule has 106 valence electrons. The van der Waals surface area contributed by atoms with Crippen molar-refractivity contribution in [3.05, 3.63) is 35.4 Å². The fourth-order valence-electron chi connectivity index (χ4n) is 2.69. The highest BCUT2D eigenvalue weighted by molar-refractivity contribution is 14.0. The van der Waals surface area contributed by atoms with E-state index in [1.807, 2.05) is 0 Å². The van der Waals surface area contributed by atoms with Crippen LogP contribution < -0.4 is 11.5 Å². The van der Waals surface area contributed by atoms with Crippen LogP contribution in [-0.4, -0.2) is 25.7 Å². The second kappa shape index (κ2) is 7.09. The van der Waals surface area contributed by atoms with Crippen LogP contribution in [0.25, 0.3) is 0 Å². The highest BCUT2D eigenvalue weighted by atomic mass is 127. The zero-order valence-electron chi connectivity index (χ0n) is 11.3. The Morgan fingerprint density at radius 1 is 1.26 bits per heavy atom. The van der Waals surface area contributed by atoms with Crippen LogP contribution in [0, 0.1) is 6.92 Å². The van der Waals surface area contributed by atoms with Crippen LogP contribution in [0.4, 0.5) is 0 Å². The fraction of sp³-hybridized carbons (Fsp3) is 0.500. The third-order valence-electron chi connectivity index (χ3n) is 3.73. The van der Waals surface area contributed by atoms with Gasteiger partial charge in [-0.2, -0.15) is 0 Å². The molecule has 0 radical (unpaired) electrons. The Morgan fingerprint density at radius 2 is 1.89 bits per heavy atom. The van der Waals surface area contributed by atoms with E-state index in [4.69, 9.17) is 16.2 Å². The molecule has 4 nitrogen and oxygen atoms in total. The van der Waals surface area contributed by atoms with Gasteiger partial charge in [0.2, 0.25) is 0 Å². The predicted octanol–water partition coefficient (Wildman–Crippen LogP) is 1.93. The zero-order valence-corrected chi connectivity index (χ0v) is 13.6. The molecule has 1 aromatic carbocycles. The second-order valence-electron chi connectivity index (χ2n) is 4.95. The molecule has 0 saturated carbocycles. The molecule has 5 heteroatoms. The summed E-state index contributed by atoms with van der Waals surface area (Å²) in [7, 11) is 0. The molecule has 19 heavy (non-hydrogen) atoms. The SMILES string of the molecule is Cc1ccccc1C1(CN=C(N)N)CCOCC1.I. The van der Waals surface area contributed by atoms with Crippen molar-refractivity contribution in [3.63, 3.8) is 0 Å². The van der Waals surface area contributed by atoms with Crippen molar-refractivity contribution in [1.29, 1.82) is 0 Å². The number of ether oxygens (including phenoxy) is 1. The lowest BCUT2D eigenvalue weighted by atomic mass is 9.72. The van der Waals surface area contributed by atoms with Gasteiger partial charge in [0, 0.05) is 18.6 Å². The van der Waals surface area contributed by atoms with Crippen LogP contribution >= 0.6 is 24.0 Å². The first kappa shape index (κ1) is 16.2. The highest BCUT2D eigenvalue weighted by Gasteiger charge is 2.35. The largest absolute Gasteiger partial charge is 0.381 e. The number of aryl methyl sites for hydroxylation is 1. The van der Waals surface area contributed by atoms with E-state index in [1.54, 1.807) is 0 Å². The maximum Gasteiger partial charge on any atom is 0.185 e. The fourth-order valence-corrected chi connectivity index (χ4v) is 2.69. The molecule has 2 rings (SSSR count). The molecule has 0 spiro atoms. The number of rotatable bonds is 3. The van der Waals surface area contributed by atoms with Gasteiger partial charge in [-0.3, -0.25) is 4.99 Å². The quantitative estimate of drug-likeness (QED) is 0.482. The van der Waals surface area contributed by atoms with Crippen LogP contribution in [0.15, 0.2) is 29.3 Å². The average Bonchev–Trinajstić information content (AvgIpc) is 2.38. The van der Waals surface area contributed by atoms with Gasteiger partial charge in [0.1, 0.15) is 0 Å². The molecule has 0 bridgehead atoms. The number of nitrogens with two attached hydrogens (primary N) is 2. The third-order valence-corrected chi connectivity index (χ3v) is 3.73. The molecular weight excluding hydrogens is 353 g/mol. The van der Waals surface area contributed by atoms with E-state index in [0.717, 1.165) is 26.1 Å². The molecule has 0 aromatic heterocycles. The number of nitrogens with zero attached hydrogens (tertiary/aromatic N) is 1. The van der Waals surface area contributed by atoms with Crippen molar-refractivity contribution in [1.82, 2.24) is 0 Å². The lowest BCUT2D eigenvalue weighted by Crippen LogP contribution is -2.38. The molecule has 0 atom stereocenters. The van der Waals surface area contributed by atoms with E-state index in [9.17, 15) is 0 Å². The van der Waals surface area contributed by atoms with Crippen molar-refractivity contribution in [2.45, 2.75) is 25.2 Å². The summed E-state index contributed by atoms with van der Waals surface area (Å²) in [4.78, 5) is 4.25. The Labute approximate surface area is 131 Å². The first-order valence-corrected chi connectivity index (χ1v) is 6.33. The van der Waals surface area contributed by atoms with E-state index < -0.39 is 0 Å². The van der Waals surface area contributed by atoms with Crippen molar-refractivity contribution < 1.29 is 4.74 Å². The standard InChI is InChI=1S/C14H21N3O.HI/c1-11-4-2-3-5-12(11)14(10-17-13(15)16)6-8-18-9-7-14;/h2-5H,6-10H2,1H3,(H4,15,16,17);1H. The molecule has 0 unspecified atom stereocenters. The summed E-state index contributed by atoms with van der Waals surface area (Å²) in [6.45, 7) is 4.33. The van der Waals surface area contributed by atoms with Crippen molar-refractivity contribution >= 4 is 29.9 Å². The minimum absolute atomic E-state index is 0. The van der Waals surface area contributed by atoms with Gasteiger partial charge in [-0.25, -0.2) is 0 Å². The van der Waals surface area contributed by atoms with Gasteiger partial charge >= 0.3 is 0 Å². The summed E-state index contributed by atoms with van der Waals surface area (Å²) in [6.07, 6.45) is 1.93. The van der Waals surface area contributed by atoms with E-state index in [1.165, 1.54) is 11.1 Å². The van der Waals surface area contributed by atoms with Crippen molar-refractivity contribution in [2.75, 3.05) is 19.8 Å². The Morgan fingerprint density at radius 3 is 2.47 bits per heavy atom. The van der Waals surface area contributed by atoms with Crippen LogP contribution in [0.2, 0.25) is 0 Å². The summed E-state index contributed by atoms with van der Waals surface area (Å²) in [5, 5.41) is 0. The summed E-state index contributed by atoms with van der Waals surface area (Å²) in [5.74, 6) is 0.162.